The Balaban J connectivity index is 1.62. The summed E-state index contributed by atoms with van der Waals surface area (Å²) in [6.45, 7) is 0.987. The lowest BCUT2D eigenvalue weighted by Gasteiger charge is -2.50. The Morgan fingerprint density at radius 2 is 1.04 bits per heavy atom. The van der Waals surface area contributed by atoms with Crippen LogP contribution in [0.15, 0.2) is 0 Å². The highest BCUT2D eigenvalue weighted by Gasteiger charge is 2.55. The summed E-state index contributed by atoms with van der Waals surface area (Å²) in [6.07, 6.45) is -30.2. The monoisotopic (exact) mass is 732 g/mol. The van der Waals surface area contributed by atoms with Crippen molar-refractivity contribution >= 4 is 11.8 Å². The van der Waals surface area contributed by atoms with E-state index in [9.17, 15) is 65.8 Å². The molecule has 22 heteroatoms. The number of aliphatic hydroxyl groups is 11. The van der Waals surface area contributed by atoms with E-state index in [1.165, 1.54) is 6.92 Å². The van der Waals surface area contributed by atoms with Crippen molar-refractivity contribution in [2.45, 2.75) is 143 Å². The van der Waals surface area contributed by atoms with Crippen LogP contribution in [0.25, 0.3) is 0 Å². The fourth-order valence-corrected chi connectivity index (χ4v) is 6.28. The van der Waals surface area contributed by atoms with Crippen LogP contribution in [0.5, 0.6) is 0 Å². The minimum absolute atomic E-state index is 0.672. The Hall–Kier alpha value is -1.78. The maximum Gasteiger partial charge on any atom is 0.217 e. The van der Waals surface area contributed by atoms with Gasteiger partial charge in [0.05, 0.1) is 25.9 Å². The van der Waals surface area contributed by atoms with Gasteiger partial charge in [-0.05, 0) is 6.92 Å². The summed E-state index contributed by atoms with van der Waals surface area (Å²) in [5.41, 5.74) is 0. The molecule has 2 amide bonds. The van der Waals surface area contributed by atoms with E-state index in [1.807, 2.05) is 0 Å². The summed E-state index contributed by atoms with van der Waals surface area (Å²) in [5, 5.41) is 120. The lowest BCUT2D eigenvalue weighted by atomic mass is 9.94. The van der Waals surface area contributed by atoms with Gasteiger partial charge in [-0.2, -0.15) is 0 Å². The molecule has 20 atom stereocenters. The van der Waals surface area contributed by atoms with Crippen molar-refractivity contribution in [1.82, 2.24) is 10.6 Å². The Labute approximate surface area is 285 Å². The molecule has 0 saturated carbocycles. The second-order valence-electron chi connectivity index (χ2n) is 12.6. The van der Waals surface area contributed by atoms with Crippen molar-refractivity contribution in [3.05, 3.63) is 0 Å². The topological polar surface area (TPSA) is 345 Å². The van der Waals surface area contributed by atoms with Crippen LogP contribution in [0, 0.1) is 0 Å². The molecule has 0 aromatic heterocycles. The van der Waals surface area contributed by atoms with E-state index in [4.69, 9.17) is 33.2 Å². The highest BCUT2D eigenvalue weighted by atomic mass is 16.8. The summed E-state index contributed by atoms with van der Waals surface area (Å²) >= 11 is 0. The average molecular weight is 733 g/mol. The minimum Gasteiger partial charge on any atom is -0.394 e. The smallest absolute Gasteiger partial charge is 0.217 e. The van der Waals surface area contributed by atoms with Gasteiger partial charge in [0.15, 0.2) is 25.2 Å². The largest absolute Gasteiger partial charge is 0.394 e. The molecule has 22 nitrogen and oxygen atoms in total. The number of aliphatic hydroxyl groups excluding tert-OH is 11. The normalized spacial score (nSPS) is 48.5. The third-order valence-corrected chi connectivity index (χ3v) is 8.97. The van der Waals surface area contributed by atoms with Gasteiger partial charge >= 0.3 is 0 Å². The zero-order valence-corrected chi connectivity index (χ0v) is 27.3. The first-order valence-electron chi connectivity index (χ1n) is 15.9. The molecule has 4 aliphatic heterocycles. The fourth-order valence-electron chi connectivity index (χ4n) is 6.28. The maximum atomic E-state index is 12.3. The van der Waals surface area contributed by atoms with E-state index in [-0.39, 0.29) is 0 Å². The molecule has 290 valence electrons. The van der Waals surface area contributed by atoms with Crippen LogP contribution in [-0.4, -0.2) is 211 Å². The second-order valence-corrected chi connectivity index (χ2v) is 12.6. The number of hydrogen-bond acceptors (Lipinski definition) is 20. The molecule has 13 N–H and O–H groups in total. The van der Waals surface area contributed by atoms with Crippen LogP contribution in [0.2, 0.25) is 0 Å². The number of ether oxygens (including phenoxy) is 7. The van der Waals surface area contributed by atoms with Crippen molar-refractivity contribution in [1.29, 1.82) is 0 Å². The van der Waals surface area contributed by atoms with Crippen LogP contribution in [0.4, 0.5) is 0 Å². The summed E-state index contributed by atoms with van der Waals surface area (Å²) in [5.74, 6) is -1.41. The van der Waals surface area contributed by atoms with Gasteiger partial charge in [-0.25, -0.2) is 0 Å². The van der Waals surface area contributed by atoms with Crippen molar-refractivity contribution < 1.29 is 98.9 Å². The van der Waals surface area contributed by atoms with Gasteiger partial charge in [0.1, 0.15) is 91.4 Å². The SMILES string of the molecule is CC(=O)N[C@@H]1[C@@H](O[C@@H]2O[C@H](CO)[C@@H](O[C@@H]3O[C@H](CO)[C@H](O)[C@H](O)[C@H]3O[C@@H]3O[C@@H](C)[C@@H](O)[C@@H](O)[C@@H]3O)[C@H](O)[C@H]2NC(C)=O)[C@@H](O)[C@@H](CO)O[C@H]1O. The first kappa shape index (κ1) is 41.0. The lowest BCUT2D eigenvalue weighted by Crippen LogP contribution is -2.70. The van der Waals surface area contributed by atoms with Gasteiger partial charge < -0.3 is 100.0 Å². The number of carbonyl (C=O) groups excluding carboxylic acids is 2. The van der Waals surface area contributed by atoms with Crippen LogP contribution in [0.3, 0.4) is 0 Å². The maximum absolute atomic E-state index is 12.3. The van der Waals surface area contributed by atoms with E-state index >= 15 is 0 Å². The van der Waals surface area contributed by atoms with Crippen LogP contribution < -0.4 is 10.6 Å². The van der Waals surface area contributed by atoms with E-state index < -0.39 is 154 Å². The molecule has 50 heavy (non-hydrogen) atoms. The van der Waals surface area contributed by atoms with Crippen LogP contribution >= 0.6 is 0 Å². The standard InChI is InChI=1S/C28H48N2O20/c1-7-15(36)19(40)21(42)27(44-7)50-24-20(41)16(37)10(4-31)46-28(24)48-22-12(6-33)47-26(13(18(22)39)29-8(2)34)49-23-14(30-9(3)35)25(43)45-11(5-32)17(23)38/h7,10-28,31-33,36-43H,4-6H2,1-3H3,(H,29,34)(H,30,35)/t7-,10+,11+,12+,13+,14+,15+,16-,17-,18+,19+,20-,21-,22+,23+,24+,25+,26-,27-,28-/m0/s1. The number of rotatable bonds is 11. The molecule has 4 aliphatic rings. The van der Waals surface area contributed by atoms with Crippen LogP contribution in [0.1, 0.15) is 20.8 Å². The number of carbonyl (C=O) groups is 2. The zero-order valence-electron chi connectivity index (χ0n) is 27.3. The molecule has 4 rings (SSSR count). The van der Waals surface area contributed by atoms with Gasteiger partial charge in [0.25, 0.3) is 0 Å². The number of hydrogen-bond donors (Lipinski definition) is 13. The van der Waals surface area contributed by atoms with E-state index in [0.29, 0.717) is 0 Å². The highest BCUT2D eigenvalue weighted by molar-refractivity contribution is 5.73. The van der Waals surface area contributed by atoms with E-state index in [2.05, 4.69) is 10.6 Å². The predicted octanol–water partition coefficient (Wildman–Crippen LogP) is -8.43. The van der Waals surface area contributed by atoms with Gasteiger partial charge in [-0.1, -0.05) is 0 Å². The zero-order chi connectivity index (χ0) is 37.2. The molecule has 0 aromatic rings. The third kappa shape index (κ3) is 8.70. The average Bonchev–Trinajstić information content (AvgIpc) is 3.07. The van der Waals surface area contributed by atoms with Gasteiger partial charge in [0.2, 0.25) is 11.8 Å². The Morgan fingerprint density at radius 1 is 0.520 bits per heavy atom. The predicted molar refractivity (Wildman–Crippen MR) is 156 cm³/mol. The molecular formula is C28H48N2O20. The van der Waals surface area contributed by atoms with Crippen molar-refractivity contribution in [3.63, 3.8) is 0 Å². The van der Waals surface area contributed by atoms with Gasteiger partial charge in [-0.3, -0.25) is 9.59 Å². The summed E-state index contributed by atoms with van der Waals surface area (Å²) in [7, 11) is 0. The first-order valence-corrected chi connectivity index (χ1v) is 15.9. The van der Waals surface area contributed by atoms with Gasteiger partial charge in [0, 0.05) is 13.8 Å². The Bertz CT molecular complexity index is 1130. The summed E-state index contributed by atoms with van der Waals surface area (Å²) in [6, 6.07) is -3.05. The molecule has 0 bridgehead atoms. The van der Waals surface area contributed by atoms with Gasteiger partial charge in [-0.15, -0.1) is 0 Å². The fraction of sp³-hybridized carbons (Fsp3) is 0.929. The van der Waals surface area contributed by atoms with Crippen molar-refractivity contribution in [2.75, 3.05) is 19.8 Å². The second kappa shape index (κ2) is 17.4. The number of amides is 2. The number of nitrogens with one attached hydrogen (secondary N) is 2. The summed E-state index contributed by atoms with van der Waals surface area (Å²) < 4.78 is 39.6. The summed E-state index contributed by atoms with van der Waals surface area (Å²) in [4.78, 5) is 24.2. The van der Waals surface area contributed by atoms with E-state index in [1.54, 1.807) is 0 Å². The Morgan fingerprint density at radius 3 is 1.62 bits per heavy atom. The Kier molecular flexibility index (Phi) is 14.2. The third-order valence-electron chi connectivity index (χ3n) is 8.97. The molecular weight excluding hydrogens is 684 g/mol. The molecule has 4 heterocycles. The molecule has 0 unspecified atom stereocenters. The van der Waals surface area contributed by atoms with E-state index in [0.717, 1.165) is 13.8 Å². The van der Waals surface area contributed by atoms with Crippen LogP contribution in [-0.2, 0) is 42.7 Å². The first-order chi connectivity index (χ1) is 23.5. The molecule has 0 aliphatic carbocycles. The highest BCUT2D eigenvalue weighted by Crippen LogP contribution is 2.34. The van der Waals surface area contributed by atoms with Crippen molar-refractivity contribution in [3.8, 4) is 0 Å². The van der Waals surface area contributed by atoms with Crippen molar-refractivity contribution in [2.24, 2.45) is 0 Å². The molecule has 4 saturated heterocycles. The quantitative estimate of drug-likeness (QED) is 0.0938. The lowest BCUT2D eigenvalue weighted by molar-refractivity contribution is -0.385. The molecule has 0 radical (unpaired) electrons. The molecule has 4 fully saturated rings. The molecule has 0 aromatic carbocycles. The minimum atomic E-state index is -1.93. The molecule has 0 spiro atoms.